The van der Waals surface area contributed by atoms with Crippen molar-refractivity contribution < 1.29 is 13.9 Å². The lowest BCUT2D eigenvalue weighted by molar-refractivity contribution is 0.101. The largest absolute Gasteiger partial charge is 0.479 e. The molecule has 1 amide bonds. The van der Waals surface area contributed by atoms with Crippen LogP contribution in [0.5, 0.6) is 5.75 Å². The predicted octanol–water partition coefficient (Wildman–Crippen LogP) is 4.29. The minimum absolute atomic E-state index is 0.0302. The van der Waals surface area contributed by atoms with E-state index in [1.807, 2.05) is 36.4 Å². The molecule has 2 aromatic heterocycles. The molecule has 0 fully saturated rings. The highest BCUT2D eigenvalue weighted by Crippen LogP contribution is 2.23. The van der Waals surface area contributed by atoms with E-state index in [1.54, 1.807) is 53.4 Å². The Kier molecular flexibility index (Phi) is 5.08. The summed E-state index contributed by atoms with van der Waals surface area (Å²) in [6, 6.07) is 23.4. The fourth-order valence-corrected chi connectivity index (χ4v) is 2.80. The lowest BCUT2D eigenvalue weighted by atomic mass is 10.2. The summed E-state index contributed by atoms with van der Waals surface area (Å²) >= 11 is 0. The number of hydrogen-bond donors (Lipinski definition) is 1. The van der Waals surface area contributed by atoms with E-state index in [2.05, 4.69) is 10.4 Å². The normalized spacial score (nSPS) is 10.3. The first kappa shape index (κ1) is 18.1. The fraction of sp³-hybridized carbons (Fsp3) is 0.0455. The maximum absolute atomic E-state index is 13.0. The molecule has 0 unspecified atom stereocenters. The van der Waals surface area contributed by atoms with Gasteiger partial charge in [-0.15, -0.1) is 0 Å². The molecule has 2 aromatic carbocycles. The number of hydrogen-bond acceptors (Lipinski definition) is 5. The number of anilines is 1. The van der Waals surface area contributed by atoms with Crippen LogP contribution in [0.2, 0.25) is 0 Å². The molecule has 2 heterocycles. The van der Waals surface area contributed by atoms with Gasteiger partial charge in [0, 0.05) is 11.8 Å². The minimum atomic E-state index is -0.315. The molecule has 4 aromatic rings. The van der Waals surface area contributed by atoms with Gasteiger partial charge in [-0.2, -0.15) is 10.4 Å². The van der Waals surface area contributed by atoms with Gasteiger partial charge in [-0.1, -0.05) is 18.2 Å². The first-order chi connectivity index (χ1) is 14.2. The molecule has 1 N–H and O–H groups in total. The van der Waals surface area contributed by atoms with Crippen molar-refractivity contribution in [2.24, 2.45) is 0 Å². The number of nitrogens with zero attached hydrogens (tertiary/aromatic N) is 3. The molecule has 0 atom stereocenters. The summed E-state index contributed by atoms with van der Waals surface area (Å²) in [6.45, 7) is -0.0302. The van der Waals surface area contributed by atoms with E-state index >= 15 is 0 Å². The van der Waals surface area contributed by atoms with E-state index in [9.17, 15) is 4.79 Å². The Morgan fingerprint density at radius 1 is 1.10 bits per heavy atom. The monoisotopic (exact) mass is 384 g/mol. The molecular weight excluding hydrogens is 368 g/mol. The summed E-state index contributed by atoms with van der Waals surface area (Å²) in [6.07, 6.45) is 1.56. The van der Waals surface area contributed by atoms with Gasteiger partial charge < -0.3 is 14.5 Å². The van der Waals surface area contributed by atoms with Gasteiger partial charge in [-0.25, -0.2) is 4.68 Å². The summed E-state index contributed by atoms with van der Waals surface area (Å²) in [7, 11) is 0. The van der Waals surface area contributed by atoms with Crippen LogP contribution in [0.15, 0.2) is 83.5 Å². The van der Waals surface area contributed by atoms with E-state index in [4.69, 9.17) is 14.4 Å². The Labute approximate surface area is 166 Å². The maximum atomic E-state index is 13.0. The minimum Gasteiger partial charge on any atom is -0.479 e. The number of nitrogens with one attached hydrogen (secondary N) is 1. The summed E-state index contributed by atoms with van der Waals surface area (Å²) in [5.74, 6) is 0.816. The highest BCUT2D eigenvalue weighted by molar-refractivity contribution is 6.04. The quantitative estimate of drug-likeness (QED) is 0.535. The van der Waals surface area contributed by atoms with Crippen LogP contribution >= 0.6 is 0 Å². The molecule has 7 nitrogen and oxygen atoms in total. The lowest BCUT2D eigenvalue weighted by Crippen LogP contribution is -2.16. The van der Waals surface area contributed by atoms with E-state index < -0.39 is 0 Å². The van der Waals surface area contributed by atoms with Crippen LogP contribution in [0.1, 0.15) is 10.5 Å². The Hall–Kier alpha value is -4.31. The SMILES string of the molecule is N#CCOc1ccc(NC(=O)c2cc(-c3ccco3)nn2-c2ccccc2)cc1. The van der Waals surface area contributed by atoms with Crippen molar-refractivity contribution in [1.82, 2.24) is 9.78 Å². The topological polar surface area (TPSA) is 93.1 Å². The zero-order valence-corrected chi connectivity index (χ0v) is 15.3. The van der Waals surface area contributed by atoms with Gasteiger partial charge in [-0.05, 0) is 48.5 Å². The second-order valence-corrected chi connectivity index (χ2v) is 6.06. The number of furan rings is 1. The standard InChI is InChI=1S/C22H16N4O3/c23-12-14-28-18-10-8-16(9-11-18)24-22(27)20-15-19(21-7-4-13-29-21)25-26(20)17-5-2-1-3-6-17/h1-11,13,15H,14H2,(H,24,27). The van der Waals surface area contributed by atoms with Crippen LogP contribution in [-0.2, 0) is 0 Å². The summed E-state index contributed by atoms with van der Waals surface area (Å²) in [5.41, 5.74) is 2.28. The van der Waals surface area contributed by atoms with Gasteiger partial charge in [0.2, 0.25) is 0 Å². The number of rotatable bonds is 6. The number of aromatic nitrogens is 2. The highest BCUT2D eigenvalue weighted by atomic mass is 16.5. The zero-order valence-electron chi connectivity index (χ0n) is 15.3. The second-order valence-electron chi connectivity index (χ2n) is 6.06. The van der Waals surface area contributed by atoms with Gasteiger partial charge in [0.25, 0.3) is 5.91 Å². The van der Waals surface area contributed by atoms with Gasteiger partial charge in [-0.3, -0.25) is 4.79 Å². The average Bonchev–Trinajstić information content (AvgIpc) is 3.44. The van der Waals surface area contributed by atoms with E-state index in [1.165, 1.54) is 0 Å². The molecular formula is C22H16N4O3. The molecule has 0 spiro atoms. The maximum Gasteiger partial charge on any atom is 0.274 e. The Bertz CT molecular complexity index is 1140. The van der Waals surface area contributed by atoms with Crippen molar-refractivity contribution in [3.05, 3.63) is 84.8 Å². The fourth-order valence-electron chi connectivity index (χ4n) is 2.80. The second kappa shape index (κ2) is 8.15. The number of nitriles is 1. The molecule has 0 aliphatic heterocycles. The smallest absolute Gasteiger partial charge is 0.274 e. The molecule has 0 saturated carbocycles. The van der Waals surface area contributed by atoms with Crippen molar-refractivity contribution in [2.45, 2.75) is 0 Å². The number of amides is 1. The van der Waals surface area contributed by atoms with Crippen molar-refractivity contribution >= 4 is 11.6 Å². The number of carbonyl (C=O) groups excluding carboxylic acids is 1. The molecule has 0 bridgehead atoms. The Balaban J connectivity index is 1.63. The lowest BCUT2D eigenvalue weighted by Gasteiger charge is -2.09. The van der Waals surface area contributed by atoms with Crippen molar-refractivity contribution in [3.8, 4) is 29.0 Å². The van der Waals surface area contributed by atoms with Gasteiger partial charge in [0.1, 0.15) is 23.2 Å². The van der Waals surface area contributed by atoms with E-state index in [0.29, 0.717) is 28.6 Å². The first-order valence-corrected chi connectivity index (χ1v) is 8.85. The molecule has 142 valence electrons. The van der Waals surface area contributed by atoms with Crippen LogP contribution < -0.4 is 10.1 Å². The van der Waals surface area contributed by atoms with Crippen LogP contribution in [0.25, 0.3) is 17.1 Å². The van der Waals surface area contributed by atoms with Crippen LogP contribution in [0.4, 0.5) is 5.69 Å². The highest BCUT2D eigenvalue weighted by Gasteiger charge is 2.19. The van der Waals surface area contributed by atoms with Gasteiger partial charge >= 0.3 is 0 Å². The van der Waals surface area contributed by atoms with Gasteiger partial charge in [0.15, 0.2) is 12.4 Å². The molecule has 7 heteroatoms. The summed E-state index contributed by atoms with van der Waals surface area (Å²) < 4.78 is 12.2. The predicted molar refractivity (Wildman–Crippen MR) is 107 cm³/mol. The average molecular weight is 384 g/mol. The van der Waals surface area contributed by atoms with Crippen molar-refractivity contribution in [2.75, 3.05) is 11.9 Å². The zero-order chi connectivity index (χ0) is 20.1. The van der Waals surface area contributed by atoms with Crippen molar-refractivity contribution in [3.63, 3.8) is 0 Å². The van der Waals surface area contributed by atoms with E-state index in [-0.39, 0.29) is 12.5 Å². The molecule has 0 aliphatic carbocycles. The molecule has 0 aliphatic rings. The Morgan fingerprint density at radius 2 is 1.90 bits per heavy atom. The summed E-state index contributed by atoms with van der Waals surface area (Å²) in [4.78, 5) is 13.0. The van der Waals surface area contributed by atoms with Crippen LogP contribution in [0, 0.1) is 11.3 Å². The van der Waals surface area contributed by atoms with Crippen molar-refractivity contribution in [1.29, 1.82) is 5.26 Å². The molecule has 4 rings (SSSR count). The van der Waals surface area contributed by atoms with Crippen LogP contribution in [-0.4, -0.2) is 22.3 Å². The number of benzene rings is 2. The number of ether oxygens (including phenoxy) is 1. The number of carbonyl (C=O) groups is 1. The third kappa shape index (κ3) is 4.01. The third-order valence-corrected chi connectivity index (χ3v) is 4.13. The molecule has 0 radical (unpaired) electrons. The van der Waals surface area contributed by atoms with E-state index in [0.717, 1.165) is 5.69 Å². The third-order valence-electron chi connectivity index (χ3n) is 4.13. The number of para-hydroxylation sites is 1. The van der Waals surface area contributed by atoms with Gasteiger partial charge in [0.05, 0.1) is 12.0 Å². The Morgan fingerprint density at radius 3 is 2.59 bits per heavy atom. The molecule has 29 heavy (non-hydrogen) atoms. The van der Waals surface area contributed by atoms with Crippen LogP contribution in [0.3, 0.4) is 0 Å². The summed E-state index contributed by atoms with van der Waals surface area (Å²) in [5, 5.41) is 16.0. The first-order valence-electron chi connectivity index (χ1n) is 8.85. The molecule has 0 saturated heterocycles.